The third-order valence-electron chi connectivity index (χ3n) is 8.48. The molecule has 5 rings (SSSR count). The summed E-state index contributed by atoms with van der Waals surface area (Å²) >= 11 is 0. The summed E-state index contributed by atoms with van der Waals surface area (Å²) in [5, 5.41) is 10.4. The number of carbonyl (C=O) groups is 2. The number of epoxide rings is 1. The normalized spacial score (nSPS) is 38.9. The molecule has 1 spiro atoms. The number of ether oxygens (including phenoxy) is 1. The van der Waals surface area contributed by atoms with Crippen molar-refractivity contribution in [2.45, 2.75) is 82.5 Å². The number of hydrogen-bond acceptors (Lipinski definition) is 4. The lowest BCUT2D eigenvalue weighted by Gasteiger charge is -2.51. The molecule has 7 unspecified atom stereocenters. The van der Waals surface area contributed by atoms with Crippen molar-refractivity contribution >= 4 is 11.6 Å². The van der Waals surface area contributed by atoms with Gasteiger partial charge in [-0.3, -0.25) is 9.59 Å². The lowest BCUT2D eigenvalue weighted by molar-refractivity contribution is -0.134. The quantitative estimate of drug-likeness (QED) is 0.788. The van der Waals surface area contributed by atoms with Crippen molar-refractivity contribution in [3.8, 4) is 0 Å². The highest BCUT2D eigenvalue weighted by Crippen LogP contribution is 2.69. The number of allylic oxidation sites excluding steroid dienone is 1. The van der Waals surface area contributed by atoms with Crippen LogP contribution in [0.15, 0.2) is 30.4 Å². The Morgan fingerprint density at radius 2 is 2.17 bits per heavy atom. The molecule has 1 aromatic rings. The summed E-state index contributed by atoms with van der Waals surface area (Å²) in [6.07, 6.45) is 7.32. The van der Waals surface area contributed by atoms with E-state index in [-0.39, 0.29) is 35.6 Å². The summed E-state index contributed by atoms with van der Waals surface area (Å²) in [7, 11) is 0. The maximum Gasteiger partial charge on any atom is 0.164 e. The summed E-state index contributed by atoms with van der Waals surface area (Å²) < 4.78 is 6.24. The van der Waals surface area contributed by atoms with Gasteiger partial charge in [0.05, 0.1) is 17.6 Å². The number of hydrogen-bond donors (Lipinski definition) is 1. The Morgan fingerprint density at radius 1 is 1.38 bits per heavy atom. The van der Waals surface area contributed by atoms with Crippen LogP contribution in [0.2, 0.25) is 0 Å². The van der Waals surface area contributed by atoms with Crippen LogP contribution in [-0.4, -0.2) is 34.5 Å². The van der Waals surface area contributed by atoms with Crippen molar-refractivity contribution in [1.29, 1.82) is 0 Å². The van der Waals surface area contributed by atoms with Gasteiger partial charge >= 0.3 is 0 Å². The Morgan fingerprint density at radius 3 is 2.93 bits per heavy atom. The highest BCUT2D eigenvalue weighted by atomic mass is 16.6. The van der Waals surface area contributed by atoms with E-state index in [0.29, 0.717) is 11.8 Å². The van der Waals surface area contributed by atoms with E-state index in [0.717, 1.165) is 31.2 Å². The Balaban J connectivity index is 1.46. The smallest absolute Gasteiger partial charge is 0.164 e. The van der Waals surface area contributed by atoms with Crippen LogP contribution in [-0.2, 0) is 20.7 Å². The van der Waals surface area contributed by atoms with Gasteiger partial charge in [0.2, 0.25) is 0 Å². The van der Waals surface area contributed by atoms with Crippen LogP contribution in [0.5, 0.6) is 0 Å². The second-order valence-electron chi connectivity index (χ2n) is 9.88. The zero-order chi connectivity index (χ0) is 20.6. The van der Waals surface area contributed by atoms with E-state index >= 15 is 0 Å². The van der Waals surface area contributed by atoms with Crippen LogP contribution in [0.1, 0.15) is 75.0 Å². The fourth-order valence-electron chi connectivity index (χ4n) is 6.65. The van der Waals surface area contributed by atoms with Gasteiger partial charge in [0.25, 0.3) is 0 Å². The minimum absolute atomic E-state index is 0.0136. The zero-order valence-corrected chi connectivity index (χ0v) is 17.5. The number of benzene rings is 1. The topological polar surface area (TPSA) is 66.9 Å². The van der Waals surface area contributed by atoms with E-state index in [1.54, 1.807) is 6.08 Å². The van der Waals surface area contributed by atoms with Crippen LogP contribution in [0.25, 0.3) is 0 Å². The molecule has 0 aromatic heterocycles. The van der Waals surface area contributed by atoms with Gasteiger partial charge in [-0.1, -0.05) is 31.2 Å². The van der Waals surface area contributed by atoms with Gasteiger partial charge in [-0.25, -0.2) is 0 Å². The van der Waals surface area contributed by atoms with Crippen LogP contribution < -0.4 is 0 Å². The van der Waals surface area contributed by atoms with Gasteiger partial charge in [-0.15, -0.1) is 0 Å². The molecule has 1 N–H and O–H groups in total. The lowest BCUT2D eigenvalue weighted by Crippen LogP contribution is -2.56. The average molecular weight is 395 g/mol. The third kappa shape index (κ3) is 2.58. The number of carbonyl (C=O) groups excluding carboxylic acids is 2. The lowest BCUT2D eigenvalue weighted by atomic mass is 9.49. The summed E-state index contributed by atoms with van der Waals surface area (Å²) in [6, 6.07) is 6.54. The zero-order valence-electron chi connectivity index (χ0n) is 17.5. The van der Waals surface area contributed by atoms with Crippen LogP contribution in [0, 0.1) is 11.3 Å². The molecule has 0 bridgehead atoms. The average Bonchev–Trinajstić information content (AvgIpc) is 3.39. The number of Topliss-reactive ketones (excluding diaryl/α,β-unsaturated/α-hetero) is 1. The first-order valence-corrected chi connectivity index (χ1v) is 11.0. The van der Waals surface area contributed by atoms with Gasteiger partial charge < -0.3 is 9.84 Å². The second-order valence-corrected chi connectivity index (χ2v) is 9.88. The van der Waals surface area contributed by atoms with Gasteiger partial charge in [0, 0.05) is 12.3 Å². The highest BCUT2D eigenvalue weighted by molar-refractivity contribution is 5.98. The molecule has 0 amide bonds. The first kappa shape index (κ1) is 19.2. The fourth-order valence-corrected chi connectivity index (χ4v) is 6.65. The number of rotatable bonds is 4. The first-order valence-electron chi connectivity index (χ1n) is 11.0. The van der Waals surface area contributed by atoms with E-state index in [1.807, 2.05) is 13.0 Å². The van der Waals surface area contributed by atoms with E-state index < -0.39 is 11.5 Å². The van der Waals surface area contributed by atoms with Crippen molar-refractivity contribution in [3.05, 3.63) is 47.0 Å². The molecular formula is C25H30O4. The van der Waals surface area contributed by atoms with Crippen molar-refractivity contribution in [2.24, 2.45) is 11.3 Å². The Kier molecular flexibility index (Phi) is 4.21. The van der Waals surface area contributed by atoms with Crippen molar-refractivity contribution in [2.75, 3.05) is 0 Å². The van der Waals surface area contributed by atoms with E-state index in [9.17, 15) is 14.7 Å². The van der Waals surface area contributed by atoms with Crippen molar-refractivity contribution in [1.82, 2.24) is 0 Å². The number of aliphatic hydroxyl groups is 1. The van der Waals surface area contributed by atoms with Gasteiger partial charge in [-0.05, 0) is 74.1 Å². The van der Waals surface area contributed by atoms with E-state index in [4.69, 9.17) is 4.74 Å². The van der Waals surface area contributed by atoms with Gasteiger partial charge in [-0.2, -0.15) is 0 Å². The van der Waals surface area contributed by atoms with Crippen LogP contribution >= 0.6 is 0 Å². The number of aryl methyl sites for hydroxylation is 1. The van der Waals surface area contributed by atoms with Crippen molar-refractivity contribution in [3.63, 3.8) is 0 Å². The molecule has 1 heterocycles. The largest absolute Gasteiger partial charge is 0.392 e. The second kappa shape index (κ2) is 6.36. The predicted octanol–water partition coefficient (Wildman–Crippen LogP) is 3.85. The molecule has 0 radical (unpaired) electrons. The summed E-state index contributed by atoms with van der Waals surface area (Å²) in [5.41, 5.74) is 3.10. The Hall–Kier alpha value is -1.78. The molecule has 4 nitrogen and oxygen atoms in total. The maximum atomic E-state index is 13.0. The molecule has 29 heavy (non-hydrogen) atoms. The van der Waals surface area contributed by atoms with E-state index in [1.165, 1.54) is 18.1 Å². The SMILES string of the molecule is CC(=O)CC(O)C(C)c1ccc2c(c1)CCC1C2CC2OC23CC=CC(=O)C13C. The summed E-state index contributed by atoms with van der Waals surface area (Å²) in [6.45, 7) is 5.66. The molecule has 7 atom stereocenters. The maximum absolute atomic E-state index is 13.0. The monoisotopic (exact) mass is 394 g/mol. The summed E-state index contributed by atoms with van der Waals surface area (Å²) in [4.78, 5) is 24.4. The molecule has 1 saturated carbocycles. The molecule has 154 valence electrons. The van der Waals surface area contributed by atoms with Gasteiger partial charge in [0.1, 0.15) is 11.4 Å². The molecule has 4 heteroatoms. The minimum atomic E-state index is -0.650. The number of aliphatic hydroxyl groups excluding tert-OH is 1. The van der Waals surface area contributed by atoms with Crippen LogP contribution in [0.4, 0.5) is 0 Å². The summed E-state index contributed by atoms with van der Waals surface area (Å²) in [5.74, 6) is 0.848. The third-order valence-corrected chi connectivity index (χ3v) is 8.48. The first-order chi connectivity index (χ1) is 13.8. The van der Waals surface area contributed by atoms with Crippen molar-refractivity contribution < 1.29 is 19.4 Å². The fraction of sp³-hybridized carbons (Fsp3) is 0.600. The Bertz CT molecular complexity index is 917. The molecule has 2 fully saturated rings. The van der Waals surface area contributed by atoms with Gasteiger partial charge in [0.15, 0.2) is 5.78 Å². The molecule has 3 aliphatic carbocycles. The number of ketones is 2. The Labute approximate surface area is 172 Å². The molecule has 1 aromatic carbocycles. The minimum Gasteiger partial charge on any atom is -0.392 e. The molecule has 4 aliphatic rings. The van der Waals surface area contributed by atoms with E-state index in [2.05, 4.69) is 25.1 Å². The standard InChI is InChI=1S/C25H30O4/c1-14(26)11-21(27)15(2)16-6-8-18-17(12-16)7-9-20-19(18)13-23-25(29-23)10-4-5-22(28)24(20,25)3/h4-6,8,12,15,19-21,23,27H,7,9-11,13H2,1-3H3. The molecular weight excluding hydrogens is 364 g/mol. The number of fused-ring (bicyclic) bond motifs is 4. The predicted molar refractivity (Wildman–Crippen MR) is 110 cm³/mol. The molecule has 1 saturated heterocycles. The van der Waals surface area contributed by atoms with Crippen LogP contribution in [0.3, 0.4) is 0 Å². The molecule has 1 aliphatic heterocycles. The highest BCUT2D eigenvalue weighted by Gasteiger charge is 2.75.